The van der Waals surface area contributed by atoms with Crippen LogP contribution in [0.1, 0.15) is 62.6 Å². The van der Waals surface area contributed by atoms with E-state index < -0.39 is 0 Å². The van der Waals surface area contributed by atoms with Crippen molar-refractivity contribution in [3.05, 3.63) is 69.6 Å². The largest absolute Gasteiger partial charge is 0.0764 e. The van der Waals surface area contributed by atoms with Crippen molar-refractivity contribution in [3.8, 4) is 0 Å². The van der Waals surface area contributed by atoms with Crippen molar-refractivity contribution in [2.45, 2.75) is 58.8 Å². The summed E-state index contributed by atoms with van der Waals surface area (Å²) in [6, 6.07) is 15.7. The number of hydrogen-bond acceptors (Lipinski definition) is 0. The topological polar surface area (TPSA) is 0 Å². The van der Waals surface area contributed by atoms with Crippen molar-refractivity contribution in [1.29, 1.82) is 0 Å². The Morgan fingerprint density at radius 1 is 0.875 bits per heavy atom. The molecule has 2 atom stereocenters. The summed E-state index contributed by atoms with van der Waals surface area (Å²) < 4.78 is 0. The van der Waals surface area contributed by atoms with Crippen LogP contribution < -0.4 is 10.4 Å². The molecule has 0 radical (unpaired) electrons. The van der Waals surface area contributed by atoms with Gasteiger partial charge in [-0.2, -0.15) is 0 Å². The zero-order valence-electron chi connectivity index (χ0n) is 15.4. The fourth-order valence-electron chi connectivity index (χ4n) is 3.86. The summed E-state index contributed by atoms with van der Waals surface area (Å²) in [5.74, 6) is 1.35. The number of benzene rings is 2. The Bertz CT molecular complexity index is 783. The molecule has 0 amide bonds. The molecule has 0 N–H and O–H groups in total. The molecule has 1 aliphatic carbocycles. The lowest BCUT2D eigenvalue weighted by Crippen LogP contribution is -2.33. The molecule has 0 aliphatic heterocycles. The molecule has 24 heavy (non-hydrogen) atoms. The van der Waals surface area contributed by atoms with Crippen LogP contribution in [0.15, 0.2) is 42.5 Å². The summed E-state index contributed by atoms with van der Waals surface area (Å²) in [6.07, 6.45) is 10.8. The maximum Gasteiger partial charge on any atom is -0.0162 e. The minimum atomic E-state index is 0.626. The summed E-state index contributed by atoms with van der Waals surface area (Å²) in [5.41, 5.74) is 4.61. The van der Waals surface area contributed by atoms with Gasteiger partial charge in [-0.3, -0.25) is 0 Å². The van der Waals surface area contributed by atoms with E-state index >= 15 is 0 Å². The van der Waals surface area contributed by atoms with Gasteiger partial charge in [0.25, 0.3) is 0 Å². The highest BCUT2D eigenvalue weighted by molar-refractivity contribution is 5.45. The standard InChI is InChI=1S/C24H30/c1-4-18(2)19(3)22-17-15-21-12-8-9-13-23(21)24(22)16-14-20-10-6-5-7-11-20/h5-7,10-13,15,17-19H,4,8-9,14,16H2,1-3H3. The molecule has 0 spiro atoms. The zero-order chi connectivity index (χ0) is 16.9. The highest BCUT2D eigenvalue weighted by Crippen LogP contribution is 2.28. The van der Waals surface area contributed by atoms with Crippen molar-refractivity contribution in [2.24, 2.45) is 5.92 Å². The van der Waals surface area contributed by atoms with Crippen LogP contribution in [-0.4, -0.2) is 0 Å². The normalized spacial score (nSPS) is 15.8. The van der Waals surface area contributed by atoms with Crippen molar-refractivity contribution in [3.63, 3.8) is 0 Å². The van der Waals surface area contributed by atoms with Gasteiger partial charge in [0.2, 0.25) is 0 Å². The first kappa shape index (κ1) is 17.0. The lowest BCUT2D eigenvalue weighted by Gasteiger charge is -2.23. The van der Waals surface area contributed by atoms with Gasteiger partial charge in [0.05, 0.1) is 0 Å². The van der Waals surface area contributed by atoms with Gasteiger partial charge < -0.3 is 0 Å². The number of fused-ring (bicyclic) bond motifs is 1. The summed E-state index contributed by atoms with van der Waals surface area (Å²) >= 11 is 0. The van der Waals surface area contributed by atoms with E-state index in [2.05, 4.69) is 75.4 Å². The second kappa shape index (κ2) is 7.83. The van der Waals surface area contributed by atoms with Gasteiger partial charge >= 0.3 is 0 Å². The Morgan fingerprint density at radius 2 is 1.62 bits per heavy atom. The second-order valence-corrected chi connectivity index (χ2v) is 7.28. The third kappa shape index (κ3) is 3.64. The third-order valence-electron chi connectivity index (χ3n) is 5.80. The average Bonchev–Trinajstić information content (AvgIpc) is 2.65. The molecular formula is C24H30. The Hall–Kier alpha value is -1.82. The van der Waals surface area contributed by atoms with E-state index in [4.69, 9.17) is 0 Å². The van der Waals surface area contributed by atoms with Gasteiger partial charge in [-0.15, -0.1) is 0 Å². The minimum Gasteiger partial charge on any atom is -0.0764 e. The number of hydrogen-bond donors (Lipinski definition) is 0. The predicted molar refractivity (Wildman–Crippen MR) is 106 cm³/mol. The molecule has 0 saturated heterocycles. The lowest BCUT2D eigenvalue weighted by molar-refractivity contribution is 0.470. The van der Waals surface area contributed by atoms with Crippen LogP contribution in [0, 0.1) is 5.92 Å². The molecular weight excluding hydrogens is 288 g/mol. The lowest BCUT2D eigenvalue weighted by atomic mass is 9.82. The van der Waals surface area contributed by atoms with Crippen LogP contribution in [-0.2, 0) is 12.8 Å². The quantitative estimate of drug-likeness (QED) is 0.705. The molecule has 0 fully saturated rings. The maximum atomic E-state index is 2.47. The monoisotopic (exact) mass is 318 g/mol. The van der Waals surface area contributed by atoms with E-state index in [0.717, 1.165) is 18.8 Å². The van der Waals surface area contributed by atoms with Gasteiger partial charge in [0, 0.05) is 0 Å². The van der Waals surface area contributed by atoms with Crippen LogP contribution in [0.2, 0.25) is 0 Å². The maximum absolute atomic E-state index is 2.47. The first-order valence-corrected chi connectivity index (χ1v) is 9.56. The predicted octanol–water partition coefficient (Wildman–Crippen LogP) is 4.98. The Kier molecular flexibility index (Phi) is 5.56. The fourth-order valence-corrected chi connectivity index (χ4v) is 3.86. The summed E-state index contributed by atoms with van der Waals surface area (Å²) in [5, 5.41) is 2.97. The Balaban J connectivity index is 2.00. The molecule has 0 saturated carbocycles. The molecule has 126 valence electrons. The molecule has 2 aromatic carbocycles. The van der Waals surface area contributed by atoms with E-state index in [1.165, 1.54) is 35.3 Å². The third-order valence-corrected chi connectivity index (χ3v) is 5.80. The van der Waals surface area contributed by atoms with Crippen molar-refractivity contribution < 1.29 is 0 Å². The Morgan fingerprint density at radius 3 is 2.38 bits per heavy atom. The summed E-state index contributed by atoms with van der Waals surface area (Å²) in [4.78, 5) is 0. The van der Waals surface area contributed by atoms with Crippen LogP contribution >= 0.6 is 0 Å². The summed E-state index contributed by atoms with van der Waals surface area (Å²) in [6.45, 7) is 7.11. The molecule has 1 aliphatic rings. The van der Waals surface area contributed by atoms with Gasteiger partial charge in [-0.1, -0.05) is 81.8 Å². The van der Waals surface area contributed by atoms with Crippen molar-refractivity contribution in [2.75, 3.05) is 0 Å². The molecule has 2 aromatic rings. The van der Waals surface area contributed by atoms with Crippen LogP contribution in [0.25, 0.3) is 12.2 Å². The van der Waals surface area contributed by atoms with E-state index in [9.17, 15) is 0 Å². The van der Waals surface area contributed by atoms with Gasteiger partial charge in [0.1, 0.15) is 0 Å². The molecule has 0 bridgehead atoms. The Labute approximate surface area is 146 Å². The first-order chi connectivity index (χ1) is 11.7. The van der Waals surface area contributed by atoms with Crippen molar-refractivity contribution >= 4 is 12.2 Å². The molecule has 0 aromatic heterocycles. The summed E-state index contributed by atoms with van der Waals surface area (Å²) in [7, 11) is 0. The highest BCUT2D eigenvalue weighted by atomic mass is 14.2. The van der Waals surface area contributed by atoms with Crippen LogP contribution in [0.5, 0.6) is 0 Å². The second-order valence-electron chi connectivity index (χ2n) is 7.28. The van der Waals surface area contributed by atoms with Crippen molar-refractivity contribution in [1.82, 2.24) is 0 Å². The number of aryl methyl sites for hydroxylation is 1. The minimum absolute atomic E-state index is 0.626. The molecule has 0 nitrogen and oxygen atoms in total. The SMILES string of the molecule is CCC(C)C(C)c1ccc2c(c1CCc1ccccc1)=CCCC=2. The van der Waals surface area contributed by atoms with Crippen LogP contribution in [0.3, 0.4) is 0 Å². The van der Waals surface area contributed by atoms with E-state index in [1.807, 2.05) is 0 Å². The van der Waals surface area contributed by atoms with E-state index in [-0.39, 0.29) is 0 Å². The molecule has 2 unspecified atom stereocenters. The molecule has 3 rings (SSSR count). The fraction of sp³-hybridized carbons (Fsp3) is 0.417. The zero-order valence-corrected chi connectivity index (χ0v) is 15.4. The average molecular weight is 319 g/mol. The van der Waals surface area contributed by atoms with E-state index in [1.54, 1.807) is 11.1 Å². The molecule has 0 heteroatoms. The van der Waals surface area contributed by atoms with Crippen LogP contribution in [0.4, 0.5) is 0 Å². The van der Waals surface area contributed by atoms with Gasteiger partial charge in [-0.25, -0.2) is 0 Å². The smallest absolute Gasteiger partial charge is 0.0162 e. The molecule has 0 heterocycles. The number of rotatable bonds is 6. The van der Waals surface area contributed by atoms with Gasteiger partial charge in [-0.05, 0) is 64.6 Å². The first-order valence-electron chi connectivity index (χ1n) is 9.56. The van der Waals surface area contributed by atoms with Gasteiger partial charge in [0.15, 0.2) is 0 Å². The van der Waals surface area contributed by atoms with E-state index in [0.29, 0.717) is 5.92 Å². The highest BCUT2D eigenvalue weighted by Gasteiger charge is 2.17.